The third-order valence-electron chi connectivity index (χ3n) is 28.1. The van der Waals surface area contributed by atoms with Crippen molar-refractivity contribution in [1.82, 2.24) is 17.6 Å². The number of hydrogen-bond acceptors (Lipinski definition) is 13. The van der Waals surface area contributed by atoms with Crippen LogP contribution in [0.25, 0.3) is 244 Å². The van der Waals surface area contributed by atoms with Gasteiger partial charge in [0.25, 0.3) is 0 Å². The first kappa shape index (κ1) is 80.8. The molecule has 0 radical (unpaired) electrons. The van der Waals surface area contributed by atoms with Crippen LogP contribution < -0.4 is 48.3 Å². The second-order valence-corrected chi connectivity index (χ2v) is 39.8. The van der Waals surface area contributed by atoms with Gasteiger partial charge < -0.3 is 22.5 Å². The van der Waals surface area contributed by atoms with Crippen LogP contribution in [-0.4, -0.2) is 17.6 Å². The van der Waals surface area contributed by atoms with Gasteiger partial charge in [-0.25, -0.2) is 4.39 Å². The van der Waals surface area contributed by atoms with Gasteiger partial charge in [-0.05, 0) is 211 Å². The van der Waals surface area contributed by atoms with Crippen molar-refractivity contribution in [2.75, 3.05) is 4.90 Å². The zero-order chi connectivity index (χ0) is 93.5. The number of aromatic nitrogens is 4. The molecule has 13 nitrogen and oxygen atoms in total. The van der Waals surface area contributed by atoms with Crippen LogP contribution in [0.3, 0.4) is 0 Å². The number of para-hydroxylation sites is 8. The fourth-order valence-electron chi connectivity index (χ4n) is 22.1. The van der Waals surface area contributed by atoms with Crippen molar-refractivity contribution in [3.8, 4) is 11.1 Å². The molecule has 0 unspecified atom stereocenters. The van der Waals surface area contributed by atoms with Crippen LogP contribution in [0.2, 0.25) is 0 Å². The van der Waals surface area contributed by atoms with E-state index in [2.05, 4.69) is 97.0 Å². The van der Waals surface area contributed by atoms with E-state index in [9.17, 15) is 38.0 Å². The lowest BCUT2D eigenvalue weighted by Gasteiger charge is -2.25. The van der Waals surface area contributed by atoms with Gasteiger partial charge in [0.05, 0.1) is 82.4 Å². The van der Waals surface area contributed by atoms with Gasteiger partial charge in [0.2, 0.25) is 0 Å². The average Bonchev–Trinajstić information content (AvgIpc) is 1.28. The summed E-state index contributed by atoms with van der Waals surface area (Å²) in [7, 11) is 0. The maximum atomic E-state index is 15.0. The molecule has 31 rings (SSSR count). The third-order valence-corrected chi connectivity index (χ3v) is 32.7. The molecule has 140 heavy (non-hydrogen) atoms. The minimum Gasteiger partial charge on any atom is -0.310 e. The first-order valence-corrected chi connectivity index (χ1v) is 49.0. The van der Waals surface area contributed by atoms with E-state index < -0.39 is 5.82 Å². The zero-order valence-corrected chi connectivity index (χ0v) is 76.7. The van der Waals surface area contributed by atoms with Crippen LogP contribution in [0.4, 0.5) is 21.5 Å². The van der Waals surface area contributed by atoms with Gasteiger partial charge in [0.15, 0.2) is 43.4 Å². The van der Waals surface area contributed by atoms with E-state index in [-0.39, 0.29) is 43.4 Å². The molecule has 0 aliphatic rings. The minimum atomic E-state index is -0.450. The summed E-state index contributed by atoms with van der Waals surface area (Å²) in [4.78, 5) is 113. The van der Waals surface area contributed by atoms with Crippen LogP contribution in [0.1, 0.15) is 0 Å². The van der Waals surface area contributed by atoms with Gasteiger partial charge in [-0.15, -0.1) is 45.3 Å². The summed E-state index contributed by atoms with van der Waals surface area (Å²) in [5.41, 5.74) is 12.9. The zero-order valence-electron chi connectivity index (χ0n) is 73.5. The van der Waals surface area contributed by atoms with E-state index in [0.717, 1.165) is 148 Å². The van der Waals surface area contributed by atoms with Crippen LogP contribution in [-0.2, 0) is 0 Å². The summed E-state index contributed by atoms with van der Waals surface area (Å²) >= 11 is 6.63. The molecular formula is C122H64FN5O8S4. The number of benzene rings is 19. The third kappa shape index (κ3) is 11.6. The van der Waals surface area contributed by atoms with Crippen molar-refractivity contribution < 1.29 is 4.39 Å². The highest BCUT2D eigenvalue weighted by atomic mass is 32.1. The molecule has 0 amide bonds. The molecule has 656 valence electrons. The molecule has 0 bridgehead atoms. The number of nitrogens with zero attached hydrogens (tertiary/aromatic N) is 5. The van der Waals surface area contributed by atoms with Gasteiger partial charge in [0.1, 0.15) is 5.82 Å². The highest BCUT2D eigenvalue weighted by Gasteiger charge is 2.29. The van der Waals surface area contributed by atoms with E-state index >= 15 is 4.79 Å². The number of anilines is 3. The topological polar surface area (TPSA) is 157 Å². The fraction of sp³-hybridized carbons (Fsp3) is 0. The molecule has 0 N–H and O–H groups in total. The number of thiophene rings is 4. The smallest absolute Gasteiger partial charge is 0.198 e. The summed E-state index contributed by atoms with van der Waals surface area (Å²) in [6, 6.07) is 125. The molecule has 0 saturated heterocycles. The van der Waals surface area contributed by atoms with E-state index in [1.807, 2.05) is 290 Å². The molecule has 12 aromatic heterocycles. The molecule has 31 aromatic rings. The Hall–Kier alpha value is -17.7. The maximum Gasteiger partial charge on any atom is 0.198 e. The Kier molecular flexibility index (Phi) is 17.7. The molecule has 0 atom stereocenters. The lowest BCUT2D eigenvalue weighted by molar-refractivity contribution is 0.629. The normalized spacial score (nSPS) is 12.1. The predicted molar refractivity (Wildman–Crippen MR) is 586 cm³/mol. The van der Waals surface area contributed by atoms with Crippen molar-refractivity contribution in [1.29, 1.82) is 0 Å². The molecule has 0 saturated carbocycles. The van der Waals surface area contributed by atoms with Crippen molar-refractivity contribution in [2.24, 2.45) is 0 Å². The first-order chi connectivity index (χ1) is 68.8. The molecule has 0 spiro atoms. The molecule has 19 aromatic carbocycles. The van der Waals surface area contributed by atoms with E-state index in [1.54, 1.807) is 57.5 Å². The minimum absolute atomic E-state index is 0.0116. The van der Waals surface area contributed by atoms with Crippen molar-refractivity contribution in [3.63, 3.8) is 0 Å². The Labute approximate surface area is 803 Å². The number of hydrogen-bond donors (Lipinski definition) is 0. The molecule has 0 fully saturated rings. The SMILES string of the molecule is O=c1c2ccc(F)cc2n2c3ccc4sc5ccc(N(c6ccccc6)c6ccccc6)cc5c4c3c(=O)c3cc(-c4ccccc4)cc1c32.O=c1c2ccccc2n2c3c1cccc3c(=O)c1ccc3sc4ccccc4c3c12.O=c1c2ccccc2n2c3ccccc3c(=O)c3c4c(cc1c32)sc1ccccc14.O=c1c2ccccc2n2c3ccccc3c(=O)c3c4sc5ccccc5c4cc1c32. The van der Waals surface area contributed by atoms with Crippen molar-refractivity contribution in [3.05, 3.63) is 476 Å². The van der Waals surface area contributed by atoms with Gasteiger partial charge in [-0.1, -0.05) is 188 Å². The highest BCUT2D eigenvalue weighted by Crippen LogP contribution is 2.48. The Morgan fingerprint density at radius 1 is 0.179 bits per heavy atom. The second-order valence-electron chi connectivity index (χ2n) is 35.5. The van der Waals surface area contributed by atoms with Crippen LogP contribution in [0.5, 0.6) is 0 Å². The maximum absolute atomic E-state index is 15.0. The van der Waals surface area contributed by atoms with Crippen LogP contribution in [0, 0.1) is 5.82 Å². The summed E-state index contributed by atoms with van der Waals surface area (Å²) in [5, 5.41) is 17.6. The summed E-state index contributed by atoms with van der Waals surface area (Å²) < 4.78 is 31.7. The average molecular weight is 1880 g/mol. The van der Waals surface area contributed by atoms with Crippen LogP contribution >= 0.6 is 45.3 Å². The Bertz CT molecular complexity index is 11400. The Balaban J connectivity index is 0.0000000943. The monoisotopic (exact) mass is 1870 g/mol. The fourth-order valence-corrected chi connectivity index (χ4v) is 26.7. The van der Waals surface area contributed by atoms with E-state index in [0.29, 0.717) is 108 Å². The molecule has 0 aliphatic carbocycles. The Morgan fingerprint density at radius 3 is 1.13 bits per heavy atom. The number of fused-ring (bicyclic) bond motifs is 32. The van der Waals surface area contributed by atoms with Gasteiger partial charge in [-0.3, -0.25) is 38.4 Å². The van der Waals surface area contributed by atoms with Crippen molar-refractivity contribution in [2.45, 2.75) is 0 Å². The van der Waals surface area contributed by atoms with Gasteiger partial charge in [0, 0.05) is 168 Å². The lowest BCUT2D eigenvalue weighted by atomic mass is 9.96. The largest absolute Gasteiger partial charge is 0.310 e. The molecular weight excluding hydrogens is 1810 g/mol. The van der Waals surface area contributed by atoms with Gasteiger partial charge in [-0.2, -0.15) is 0 Å². The Morgan fingerprint density at radius 2 is 0.543 bits per heavy atom. The van der Waals surface area contributed by atoms with Gasteiger partial charge >= 0.3 is 0 Å². The number of rotatable bonds is 4. The number of halogens is 1. The van der Waals surface area contributed by atoms with E-state index in [4.69, 9.17) is 0 Å². The standard InChI is InChI=1S/C44H25FN2O2S.3C26H13NO2S/c45-28-16-18-32-37(24-28)47-36-19-21-39-40(41(36)44(49)35-23-27(26-10-4-1-5-11-26)22-34(42(35)47)43(32)48)33-25-31(17-20-38(33)50-39)46(29-12-6-2-7-13-29)30-14-8-3-9-15-30;28-24-15-8-1-4-10-19(15)27-20-11-5-2-9-16(20)25(29)22-23(27)18(24)13-17-14-7-3-6-12-21(14)30-26(17)22;28-25-14-7-1-4-10-18(14)27-19-11-5-2-8-15(19)26(29)23-22-16-9-3-6-12-20(16)30-21(22)13-17(25)24(23)27;28-25-14-6-1-3-10-19(14)27-23-16(25)8-5-9-17(23)26(29)18-12-13-21-22(24(18)27)15-7-2-4-11-20(15)30-21/h1-25H;3*1-13H. The molecule has 18 heteroatoms. The summed E-state index contributed by atoms with van der Waals surface area (Å²) in [6.07, 6.45) is 0. The second kappa shape index (κ2) is 30.7. The van der Waals surface area contributed by atoms with E-state index in [1.165, 1.54) is 16.8 Å². The quantitative estimate of drug-likeness (QED) is 0.124. The first-order valence-electron chi connectivity index (χ1n) is 45.8. The van der Waals surface area contributed by atoms with Crippen LogP contribution in [0.15, 0.2) is 427 Å². The molecule has 12 heterocycles. The molecule has 0 aliphatic heterocycles. The predicted octanol–water partition coefficient (Wildman–Crippen LogP) is 29.0. The number of pyridine rings is 8. The van der Waals surface area contributed by atoms with Crippen molar-refractivity contribution >= 4 is 295 Å². The highest BCUT2D eigenvalue weighted by molar-refractivity contribution is 7.27. The lowest BCUT2D eigenvalue weighted by Crippen LogP contribution is -2.14. The summed E-state index contributed by atoms with van der Waals surface area (Å²) in [5.74, 6) is -0.450. The summed E-state index contributed by atoms with van der Waals surface area (Å²) in [6.45, 7) is 0.